The summed E-state index contributed by atoms with van der Waals surface area (Å²) in [5.41, 5.74) is 0.536. The highest BCUT2D eigenvalue weighted by Crippen LogP contribution is 2.41. The number of fused-ring (bicyclic) bond motifs is 1. The molecule has 5 atom stereocenters. The third kappa shape index (κ3) is 6.39. The van der Waals surface area contributed by atoms with Crippen LogP contribution in [0.15, 0.2) is 28.9 Å². The maximum absolute atomic E-state index is 14.0. The molecule has 0 radical (unpaired) electrons. The van der Waals surface area contributed by atoms with Crippen molar-refractivity contribution in [1.29, 1.82) is 0 Å². The van der Waals surface area contributed by atoms with Crippen LogP contribution in [0.1, 0.15) is 57.0 Å². The first-order valence-electron chi connectivity index (χ1n) is 14.5. The van der Waals surface area contributed by atoms with Crippen LogP contribution in [0.3, 0.4) is 0 Å². The van der Waals surface area contributed by atoms with E-state index in [4.69, 9.17) is 23.5 Å². The van der Waals surface area contributed by atoms with Crippen LogP contribution in [0.25, 0.3) is 11.3 Å². The number of ether oxygens (including phenoxy) is 4. The van der Waals surface area contributed by atoms with Gasteiger partial charge in [-0.2, -0.15) is 0 Å². The van der Waals surface area contributed by atoms with Crippen LogP contribution in [0, 0.1) is 17.5 Å². The van der Waals surface area contributed by atoms with Gasteiger partial charge in [0.05, 0.1) is 18.5 Å². The molecule has 6 rings (SSSR count). The number of esters is 1. The maximum atomic E-state index is 14.0. The van der Waals surface area contributed by atoms with Gasteiger partial charge in [-0.3, -0.25) is 4.79 Å². The molecule has 242 valence electrons. The van der Waals surface area contributed by atoms with Crippen molar-refractivity contribution in [2.75, 3.05) is 19.7 Å². The summed E-state index contributed by atoms with van der Waals surface area (Å²) in [6, 6.07) is 2.59. The minimum atomic E-state index is -1.60. The summed E-state index contributed by atoms with van der Waals surface area (Å²) in [6.45, 7) is 5.61. The SMILES string of the molecule is CC(=O)O[C@@H]1[C@@H](n2cc(-c3cc(F)c(F)c(F)c3)nn2)[C@H]2OC(C)(C)OC[C@H]2O[C@@H]1Cc1cc(C2CCN(C(=O)O)CC2)on1. The van der Waals surface area contributed by atoms with E-state index in [2.05, 4.69) is 15.5 Å². The first-order valence-corrected chi connectivity index (χ1v) is 14.5. The molecule has 5 heterocycles. The highest BCUT2D eigenvalue weighted by atomic mass is 19.2. The van der Waals surface area contributed by atoms with Gasteiger partial charge in [0, 0.05) is 44.0 Å². The number of carboxylic acid groups (broad SMARTS) is 1. The van der Waals surface area contributed by atoms with Crippen molar-refractivity contribution in [2.45, 2.75) is 82.2 Å². The third-order valence-electron chi connectivity index (χ3n) is 8.32. The number of hydrogen-bond donors (Lipinski definition) is 1. The van der Waals surface area contributed by atoms with E-state index in [1.807, 2.05) is 0 Å². The summed E-state index contributed by atoms with van der Waals surface area (Å²) in [5, 5.41) is 21.7. The van der Waals surface area contributed by atoms with Crippen LogP contribution < -0.4 is 0 Å². The van der Waals surface area contributed by atoms with Gasteiger partial charge in [0.25, 0.3) is 0 Å². The Kier molecular flexibility index (Phi) is 8.30. The highest BCUT2D eigenvalue weighted by molar-refractivity contribution is 5.66. The smallest absolute Gasteiger partial charge is 0.407 e. The second kappa shape index (κ2) is 12.1. The van der Waals surface area contributed by atoms with E-state index in [0.717, 1.165) is 12.1 Å². The van der Waals surface area contributed by atoms with Crippen molar-refractivity contribution in [3.05, 3.63) is 53.3 Å². The minimum absolute atomic E-state index is 0.00685. The van der Waals surface area contributed by atoms with Gasteiger partial charge in [0.15, 0.2) is 29.3 Å². The minimum Gasteiger partial charge on any atom is -0.465 e. The number of benzene rings is 1. The fraction of sp³-hybridized carbons (Fsp3) is 0.552. The van der Waals surface area contributed by atoms with Crippen molar-refractivity contribution in [1.82, 2.24) is 25.1 Å². The molecule has 0 saturated carbocycles. The predicted molar refractivity (Wildman–Crippen MR) is 145 cm³/mol. The zero-order chi connectivity index (χ0) is 32.0. The standard InChI is InChI=1S/C29H32F3N5O8/c1-14(38)42-26-22(11-17-10-21(45-34-17)15-4-6-36(7-5-15)28(39)40)43-23-13-41-29(2,3)44-27(23)25(26)37-12-20(33-35-37)16-8-18(30)24(32)19(31)9-16/h8-10,12,15,22-23,25-27H,4-7,11,13H2,1-3H3,(H,39,40)/t22-,23-,25-,26+,27+/m1/s1. The Morgan fingerprint density at radius 3 is 2.51 bits per heavy atom. The highest BCUT2D eigenvalue weighted by Gasteiger charge is 2.54. The zero-order valence-corrected chi connectivity index (χ0v) is 24.7. The van der Waals surface area contributed by atoms with Gasteiger partial charge >= 0.3 is 12.1 Å². The topological polar surface area (TPSA) is 151 Å². The third-order valence-corrected chi connectivity index (χ3v) is 8.32. The largest absolute Gasteiger partial charge is 0.465 e. The van der Waals surface area contributed by atoms with Gasteiger partial charge in [-0.05, 0) is 38.8 Å². The second-order valence-corrected chi connectivity index (χ2v) is 11.9. The molecular weight excluding hydrogens is 603 g/mol. The molecule has 3 saturated heterocycles. The molecule has 3 aromatic rings. The number of halogens is 3. The van der Waals surface area contributed by atoms with E-state index in [1.165, 1.54) is 22.7 Å². The summed E-state index contributed by atoms with van der Waals surface area (Å²) in [7, 11) is 0. The predicted octanol–water partition coefficient (Wildman–Crippen LogP) is 3.84. The number of nitrogens with zero attached hydrogens (tertiary/aromatic N) is 5. The van der Waals surface area contributed by atoms with Crippen LogP contribution in [-0.2, 0) is 30.2 Å². The van der Waals surface area contributed by atoms with Crippen molar-refractivity contribution in [2.24, 2.45) is 0 Å². The molecule has 2 aromatic heterocycles. The average Bonchev–Trinajstić information content (AvgIpc) is 3.66. The Morgan fingerprint density at radius 2 is 1.84 bits per heavy atom. The summed E-state index contributed by atoms with van der Waals surface area (Å²) in [5.74, 6) is -5.37. The second-order valence-electron chi connectivity index (χ2n) is 11.9. The number of carbonyl (C=O) groups excluding carboxylic acids is 1. The average molecular weight is 636 g/mol. The lowest BCUT2D eigenvalue weighted by molar-refractivity contribution is -0.348. The van der Waals surface area contributed by atoms with Gasteiger partial charge in [-0.25, -0.2) is 22.6 Å². The molecule has 13 nitrogen and oxygen atoms in total. The number of likely N-dealkylation sites (tertiary alicyclic amines) is 1. The van der Waals surface area contributed by atoms with Crippen LogP contribution >= 0.6 is 0 Å². The molecule has 3 aliphatic rings. The van der Waals surface area contributed by atoms with E-state index in [9.17, 15) is 27.9 Å². The molecule has 1 aromatic carbocycles. The fourth-order valence-corrected chi connectivity index (χ4v) is 6.17. The summed E-state index contributed by atoms with van der Waals surface area (Å²) >= 11 is 0. The quantitative estimate of drug-likeness (QED) is 0.311. The fourth-order valence-electron chi connectivity index (χ4n) is 6.17. The number of carbonyl (C=O) groups is 2. The number of amides is 1. The molecule has 3 aliphatic heterocycles. The molecule has 16 heteroatoms. The van der Waals surface area contributed by atoms with Crippen molar-refractivity contribution in [3.63, 3.8) is 0 Å². The molecule has 0 unspecified atom stereocenters. The molecule has 45 heavy (non-hydrogen) atoms. The Labute approximate surface area is 255 Å². The molecule has 0 bridgehead atoms. The maximum Gasteiger partial charge on any atom is 0.407 e. The Balaban J connectivity index is 1.30. The van der Waals surface area contributed by atoms with Gasteiger partial charge in [-0.15, -0.1) is 5.10 Å². The van der Waals surface area contributed by atoms with Crippen LogP contribution in [0.4, 0.5) is 18.0 Å². The Bertz CT molecular complexity index is 1550. The van der Waals surface area contributed by atoms with Crippen LogP contribution in [-0.4, -0.2) is 92.1 Å². The van der Waals surface area contributed by atoms with Gasteiger partial charge in [-0.1, -0.05) is 10.4 Å². The number of piperidine rings is 1. The zero-order valence-electron chi connectivity index (χ0n) is 24.7. The summed E-state index contributed by atoms with van der Waals surface area (Å²) < 4.78 is 73.0. The van der Waals surface area contributed by atoms with Gasteiger partial charge in [0.1, 0.15) is 35.8 Å². The van der Waals surface area contributed by atoms with Crippen LogP contribution in [0.5, 0.6) is 0 Å². The lowest BCUT2D eigenvalue weighted by atomic mass is 9.88. The van der Waals surface area contributed by atoms with Crippen molar-refractivity contribution >= 4 is 12.1 Å². The van der Waals surface area contributed by atoms with E-state index in [1.54, 1.807) is 19.9 Å². The van der Waals surface area contributed by atoms with E-state index >= 15 is 0 Å². The Morgan fingerprint density at radius 1 is 1.13 bits per heavy atom. The molecule has 0 spiro atoms. The normalized spacial score (nSPS) is 26.8. The van der Waals surface area contributed by atoms with E-state index in [0.29, 0.717) is 37.4 Å². The monoisotopic (exact) mass is 635 g/mol. The lowest BCUT2D eigenvalue weighted by Crippen LogP contribution is -2.63. The van der Waals surface area contributed by atoms with Gasteiger partial charge < -0.3 is 33.5 Å². The molecule has 3 fully saturated rings. The first-order chi connectivity index (χ1) is 21.4. The molecule has 1 amide bonds. The molecule has 0 aliphatic carbocycles. The number of aromatic nitrogens is 4. The molecular formula is C29H32F3N5O8. The van der Waals surface area contributed by atoms with Gasteiger partial charge in [0.2, 0.25) is 0 Å². The number of rotatable bonds is 6. The van der Waals surface area contributed by atoms with E-state index in [-0.39, 0.29) is 30.2 Å². The summed E-state index contributed by atoms with van der Waals surface area (Å²) in [4.78, 5) is 25.0. The Hall–Kier alpha value is -4.02. The lowest BCUT2D eigenvalue weighted by Gasteiger charge is -2.50. The van der Waals surface area contributed by atoms with Crippen LogP contribution in [0.2, 0.25) is 0 Å². The van der Waals surface area contributed by atoms with Crippen molar-refractivity contribution < 1.29 is 51.3 Å². The molecule has 1 N–H and O–H groups in total. The van der Waals surface area contributed by atoms with E-state index < -0.39 is 65.8 Å². The number of hydrogen-bond acceptors (Lipinski definition) is 10. The summed E-state index contributed by atoms with van der Waals surface area (Å²) in [6.07, 6.45) is -1.38. The van der Waals surface area contributed by atoms with Crippen molar-refractivity contribution in [3.8, 4) is 11.3 Å². The first kappa shape index (κ1) is 31.0.